The Labute approximate surface area is 140 Å². The van der Waals surface area contributed by atoms with E-state index in [2.05, 4.69) is 5.32 Å². The van der Waals surface area contributed by atoms with Crippen LogP contribution in [0.3, 0.4) is 0 Å². The van der Waals surface area contributed by atoms with Crippen molar-refractivity contribution >= 4 is 29.1 Å². The van der Waals surface area contributed by atoms with Crippen molar-refractivity contribution in [2.45, 2.75) is 31.4 Å². The molecule has 0 aromatic heterocycles. The molecule has 0 radical (unpaired) electrons. The minimum absolute atomic E-state index is 0.0455. The zero-order valence-electron chi connectivity index (χ0n) is 12.8. The van der Waals surface area contributed by atoms with Crippen molar-refractivity contribution in [3.05, 3.63) is 33.3 Å². The molecule has 0 bridgehead atoms. The van der Waals surface area contributed by atoms with Crippen LogP contribution in [0.5, 0.6) is 0 Å². The van der Waals surface area contributed by atoms with Gasteiger partial charge in [0.05, 0.1) is 6.04 Å². The topological polar surface area (TPSA) is 41.6 Å². The standard InChI is InChI=1S/C16H20Cl2N2O2/c1-10-14-11(7-12(17)8-13(14)18)3-6-20(10)15(21)16(22-2)4-5-19-9-16/h7-8,10,19H,3-6,9H2,1-2H3/t10-,16?/m0/s1. The third kappa shape index (κ3) is 2.52. The Hall–Kier alpha value is -0.810. The number of ether oxygens (including phenoxy) is 1. The van der Waals surface area contributed by atoms with Gasteiger partial charge in [-0.3, -0.25) is 4.79 Å². The molecule has 0 spiro atoms. The average molecular weight is 343 g/mol. The average Bonchev–Trinajstić information content (AvgIpc) is 2.96. The molecule has 22 heavy (non-hydrogen) atoms. The van der Waals surface area contributed by atoms with Gasteiger partial charge in [0, 0.05) is 30.2 Å². The van der Waals surface area contributed by atoms with Gasteiger partial charge in [0.2, 0.25) is 0 Å². The molecular weight excluding hydrogens is 323 g/mol. The maximum absolute atomic E-state index is 13.0. The van der Waals surface area contributed by atoms with E-state index in [1.165, 1.54) is 0 Å². The van der Waals surface area contributed by atoms with E-state index in [4.69, 9.17) is 27.9 Å². The number of methoxy groups -OCH3 is 1. The fraction of sp³-hybridized carbons (Fsp3) is 0.562. The number of benzene rings is 1. The Kier molecular flexibility index (Phi) is 4.38. The predicted octanol–water partition coefficient (Wildman–Crippen LogP) is 2.82. The highest BCUT2D eigenvalue weighted by molar-refractivity contribution is 6.35. The summed E-state index contributed by atoms with van der Waals surface area (Å²) in [4.78, 5) is 14.9. The highest BCUT2D eigenvalue weighted by atomic mass is 35.5. The molecule has 2 aliphatic heterocycles. The Bertz CT molecular complexity index is 600. The lowest BCUT2D eigenvalue weighted by Gasteiger charge is -2.40. The van der Waals surface area contributed by atoms with Crippen LogP contribution in [0.1, 0.15) is 30.5 Å². The molecule has 6 heteroatoms. The van der Waals surface area contributed by atoms with E-state index in [9.17, 15) is 4.79 Å². The molecule has 0 saturated carbocycles. The zero-order valence-corrected chi connectivity index (χ0v) is 14.3. The molecule has 2 aliphatic rings. The van der Waals surface area contributed by atoms with Crippen molar-refractivity contribution in [3.8, 4) is 0 Å². The van der Waals surface area contributed by atoms with Crippen molar-refractivity contribution in [2.75, 3.05) is 26.7 Å². The van der Waals surface area contributed by atoms with E-state index < -0.39 is 5.60 Å². The quantitative estimate of drug-likeness (QED) is 0.898. The molecule has 1 saturated heterocycles. The van der Waals surface area contributed by atoms with Gasteiger partial charge in [-0.05, 0) is 49.6 Å². The first-order valence-corrected chi connectivity index (χ1v) is 8.29. The van der Waals surface area contributed by atoms with Gasteiger partial charge >= 0.3 is 0 Å². The molecule has 1 unspecified atom stereocenters. The molecular formula is C16H20Cl2N2O2. The van der Waals surface area contributed by atoms with Gasteiger partial charge in [0.1, 0.15) is 0 Å². The first-order chi connectivity index (χ1) is 10.5. The molecule has 1 aromatic carbocycles. The molecule has 0 aliphatic carbocycles. The molecule has 1 fully saturated rings. The SMILES string of the molecule is COC1(C(=O)N2CCc3cc(Cl)cc(Cl)c3[C@@H]2C)CCNC1. The largest absolute Gasteiger partial charge is 0.367 e. The first kappa shape index (κ1) is 16.1. The summed E-state index contributed by atoms with van der Waals surface area (Å²) in [7, 11) is 1.61. The van der Waals surface area contributed by atoms with E-state index in [-0.39, 0.29) is 11.9 Å². The highest BCUT2D eigenvalue weighted by Gasteiger charge is 2.46. The number of halogens is 2. The molecule has 120 valence electrons. The van der Waals surface area contributed by atoms with Crippen LogP contribution in [0.15, 0.2) is 12.1 Å². The van der Waals surface area contributed by atoms with Crippen molar-refractivity contribution in [1.29, 1.82) is 0 Å². The predicted molar refractivity (Wildman–Crippen MR) is 87.5 cm³/mol. The smallest absolute Gasteiger partial charge is 0.256 e. The van der Waals surface area contributed by atoms with Crippen LogP contribution in [0, 0.1) is 0 Å². The van der Waals surface area contributed by atoms with Crippen LogP contribution in [-0.4, -0.2) is 43.2 Å². The molecule has 4 nitrogen and oxygen atoms in total. The van der Waals surface area contributed by atoms with Gasteiger partial charge in [0.15, 0.2) is 5.60 Å². The van der Waals surface area contributed by atoms with Crippen LogP contribution in [0.2, 0.25) is 10.0 Å². The Balaban J connectivity index is 1.92. The first-order valence-electron chi connectivity index (χ1n) is 7.53. The zero-order chi connectivity index (χ0) is 15.9. The van der Waals surface area contributed by atoms with E-state index in [0.717, 1.165) is 24.1 Å². The van der Waals surface area contributed by atoms with Gasteiger partial charge in [-0.25, -0.2) is 0 Å². The molecule has 1 aromatic rings. The number of rotatable bonds is 2. The second kappa shape index (κ2) is 6.00. The van der Waals surface area contributed by atoms with Crippen molar-refractivity contribution in [3.63, 3.8) is 0 Å². The summed E-state index contributed by atoms with van der Waals surface area (Å²) in [5.41, 5.74) is 1.39. The van der Waals surface area contributed by atoms with Gasteiger partial charge in [-0.1, -0.05) is 23.2 Å². The van der Waals surface area contributed by atoms with E-state index in [1.807, 2.05) is 17.9 Å². The summed E-state index contributed by atoms with van der Waals surface area (Å²) in [6.07, 6.45) is 1.46. The lowest BCUT2D eigenvalue weighted by molar-refractivity contribution is -0.155. The van der Waals surface area contributed by atoms with Crippen molar-refractivity contribution < 1.29 is 9.53 Å². The van der Waals surface area contributed by atoms with E-state index in [0.29, 0.717) is 29.6 Å². The monoisotopic (exact) mass is 342 g/mol. The minimum Gasteiger partial charge on any atom is -0.367 e. The van der Waals surface area contributed by atoms with Crippen LogP contribution in [0.25, 0.3) is 0 Å². The summed E-state index contributed by atoms with van der Waals surface area (Å²) >= 11 is 12.5. The maximum Gasteiger partial charge on any atom is 0.256 e. The Morgan fingerprint density at radius 2 is 2.23 bits per heavy atom. The number of fused-ring (bicyclic) bond motifs is 1. The highest BCUT2D eigenvalue weighted by Crippen LogP contribution is 2.38. The molecule has 2 heterocycles. The number of carbonyl (C=O) groups is 1. The third-order valence-corrected chi connectivity index (χ3v) is 5.38. The van der Waals surface area contributed by atoms with Crippen LogP contribution in [-0.2, 0) is 16.0 Å². The summed E-state index contributed by atoms with van der Waals surface area (Å²) < 4.78 is 5.59. The summed E-state index contributed by atoms with van der Waals surface area (Å²) in [6.45, 7) is 4.04. The number of hydrogen-bond acceptors (Lipinski definition) is 3. The van der Waals surface area contributed by atoms with E-state index >= 15 is 0 Å². The third-order valence-electron chi connectivity index (χ3n) is 4.84. The lowest BCUT2D eigenvalue weighted by atomic mass is 9.91. The fourth-order valence-corrected chi connectivity index (χ4v) is 4.25. The number of hydrogen-bond donors (Lipinski definition) is 1. The normalized spacial score (nSPS) is 27.8. The van der Waals surface area contributed by atoms with E-state index in [1.54, 1.807) is 13.2 Å². The van der Waals surface area contributed by atoms with Gasteiger partial charge in [0.25, 0.3) is 5.91 Å². The van der Waals surface area contributed by atoms with Gasteiger partial charge in [-0.2, -0.15) is 0 Å². The summed E-state index contributed by atoms with van der Waals surface area (Å²) in [5, 5.41) is 4.49. The van der Waals surface area contributed by atoms with Crippen molar-refractivity contribution in [2.24, 2.45) is 0 Å². The van der Waals surface area contributed by atoms with Crippen LogP contribution < -0.4 is 5.32 Å². The number of carbonyl (C=O) groups excluding carboxylic acids is 1. The molecule has 2 atom stereocenters. The lowest BCUT2D eigenvalue weighted by Crippen LogP contribution is -2.54. The van der Waals surface area contributed by atoms with Crippen molar-refractivity contribution in [1.82, 2.24) is 10.2 Å². The number of nitrogens with zero attached hydrogens (tertiary/aromatic N) is 1. The second-order valence-electron chi connectivity index (χ2n) is 6.01. The summed E-state index contributed by atoms with van der Waals surface area (Å²) in [5.74, 6) is 0.0455. The minimum atomic E-state index is -0.745. The Morgan fingerprint density at radius 1 is 1.45 bits per heavy atom. The molecule has 3 rings (SSSR count). The number of nitrogens with one attached hydrogen (secondary N) is 1. The molecule has 1 amide bonds. The second-order valence-corrected chi connectivity index (χ2v) is 6.85. The summed E-state index contributed by atoms with van der Waals surface area (Å²) in [6, 6.07) is 3.62. The Morgan fingerprint density at radius 3 is 2.86 bits per heavy atom. The van der Waals surface area contributed by atoms with Gasteiger partial charge in [-0.15, -0.1) is 0 Å². The number of amides is 1. The maximum atomic E-state index is 13.0. The van der Waals surface area contributed by atoms with Crippen LogP contribution in [0.4, 0.5) is 0 Å². The van der Waals surface area contributed by atoms with Gasteiger partial charge < -0.3 is 15.0 Å². The molecule has 1 N–H and O–H groups in total. The van der Waals surface area contributed by atoms with Crippen LogP contribution >= 0.6 is 23.2 Å². The fourth-order valence-electron chi connectivity index (χ4n) is 3.56.